The predicted molar refractivity (Wildman–Crippen MR) is 124 cm³/mol. The van der Waals surface area contributed by atoms with E-state index in [0.29, 0.717) is 31.8 Å². The van der Waals surface area contributed by atoms with Gasteiger partial charge in [-0.05, 0) is 43.7 Å². The van der Waals surface area contributed by atoms with E-state index in [1.807, 2.05) is 19.1 Å². The van der Waals surface area contributed by atoms with Gasteiger partial charge < -0.3 is 29.1 Å². The van der Waals surface area contributed by atoms with E-state index in [0.717, 1.165) is 12.2 Å². The van der Waals surface area contributed by atoms with Crippen LogP contribution in [-0.2, 0) is 20.7 Å². The van der Waals surface area contributed by atoms with Crippen LogP contribution in [0, 0.1) is 11.8 Å². The van der Waals surface area contributed by atoms with Gasteiger partial charge in [-0.3, -0.25) is 4.79 Å². The van der Waals surface area contributed by atoms with Gasteiger partial charge in [0.15, 0.2) is 17.2 Å². The Hall–Kier alpha value is -3.07. The number of ether oxygens (including phenoxy) is 3. The molecular weight excluding hydrogens is 440 g/mol. The maximum Gasteiger partial charge on any atom is 0.329 e. The fraction of sp³-hybridized carbons (Fsp3) is 0.560. The summed E-state index contributed by atoms with van der Waals surface area (Å²) in [6, 6.07) is 4.35. The maximum atomic E-state index is 13.0. The number of aromatic nitrogens is 1. The molecule has 9 nitrogen and oxygen atoms in total. The van der Waals surface area contributed by atoms with Crippen molar-refractivity contribution in [2.24, 2.45) is 11.8 Å². The van der Waals surface area contributed by atoms with E-state index in [1.54, 1.807) is 6.26 Å². The van der Waals surface area contributed by atoms with Crippen LogP contribution in [0.15, 0.2) is 35.1 Å². The molecular formula is C25H34N2O7. The molecule has 34 heavy (non-hydrogen) atoms. The zero-order chi connectivity index (χ0) is 24.7. The highest BCUT2D eigenvalue weighted by Gasteiger charge is 2.36. The Balaban J connectivity index is 1.76. The fourth-order valence-corrected chi connectivity index (χ4v) is 4.19. The van der Waals surface area contributed by atoms with Gasteiger partial charge in [0.2, 0.25) is 0 Å². The van der Waals surface area contributed by atoms with Crippen molar-refractivity contribution in [2.45, 2.75) is 64.7 Å². The zero-order valence-corrected chi connectivity index (χ0v) is 20.2. The molecule has 9 heteroatoms. The van der Waals surface area contributed by atoms with E-state index in [-0.39, 0.29) is 29.2 Å². The number of methoxy groups -OCH3 is 1. The van der Waals surface area contributed by atoms with Crippen molar-refractivity contribution in [3.05, 3.63) is 42.1 Å². The summed E-state index contributed by atoms with van der Waals surface area (Å²) in [7, 11) is 1.38. The van der Waals surface area contributed by atoms with Crippen LogP contribution in [0.25, 0.3) is 0 Å². The third kappa shape index (κ3) is 6.50. The summed E-state index contributed by atoms with van der Waals surface area (Å²) in [4.78, 5) is 29.7. The number of carbonyl (C=O) groups excluding carboxylic acids is 2. The molecule has 0 radical (unpaired) electrons. The Bertz CT molecular complexity index is 945. The Morgan fingerprint density at radius 1 is 1.32 bits per heavy atom. The molecule has 4 unspecified atom stereocenters. The van der Waals surface area contributed by atoms with Crippen molar-refractivity contribution in [2.75, 3.05) is 13.7 Å². The third-order valence-electron chi connectivity index (χ3n) is 5.87. The van der Waals surface area contributed by atoms with Crippen molar-refractivity contribution in [3.8, 4) is 11.5 Å². The van der Waals surface area contributed by atoms with Gasteiger partial charge in [-0.1, -0.05) is 20.3 Å². The summed E-state index contributed by atoms with van der Waals surface area (Å²) >= 11 is 0. The van der Waals surface area contributed by atoms with Crippen LogP contribution in [0.1, 0.15) is 56.3 Å². The highest BCUT2D eigenvalue weighted by Crippen LogP contribution is 2.29. The largest absolute Gasteiger partial charge is 0.503 e. The molecule has 2 aromatic heterocycles. The first-order valence-electron chi connectivity index (χ1n) is 11.7. The molecule has 2 aromatic rings. The summed E-state index contributed by atoms with van der Waals surface area (Å²) in [5, 5.41) is 12.9. The van der Waals surface area contributed by atoms with E-state index in [1.165, 1.54) is 19.4 Å². The molecule has 0 spiro atoms. The summed E-state index contributed by atoms with van der Waals surface area (Å²) in [6.45, 7) is 6.50. The van der Waals surface area contributed by atoms with Gasteiger partial charge in [0.1, 0.15) is 17.9 Å². The molecule has 0 saturated carbocycles. The molecule has 186 valence electrons. The quantitative estimate of drug-likeness (QED) is 0.558. The number of hydrogen-bond donors (Lipinski definition) is 2. The average Bonchev–Trinajstić information content (AvgIpc) is 3.31. The van der Waals surface area contributed by atoms with Gasteiger partial charge in [0.05, 0.1) is 19.5 Å². The first-order valence-corrected chi connectivity index (χ1v) is 11.7. The summed E-state index contributed by atoms with van der Waals surface area (Å²) in [5.41, 5.74) is -0.214. The SMILES string of the molecule is COc1ccnc(C(=O)NC2CCCC(Cc3ccco3)C(OCC(C)C)C(C)OC2=O)c1O. The minimum atomic E-state index is -0.879. The molecule has 0 bridgehead atoms. The molecule has 3 rings (SSSR count). The van der Waals surface area contributed by atoms with Gasteiger partial charge in [0.25, 0.3) is 5.91 Å². The first kappa shape index (κ1) is 25.6. The molecule has 3 heterocycles. The van der Waals surface area contributed by atoms with Crippen molar-refractivity contribution < 1.29 is 33.3 Å². The van der Waals surface area contributed by atoms with Gasteiger partial charge in [-0.25, -0.2) is 9.78 Å². The first-order chi connectivity index (χ1) is 16.3. The summed E-state index contributed by atoms with van der Waals surface area (Å²) in [6.07, 6.45) is 4.64. The van der Waals surface area contributed by atoms with Crippen LogP contribution in [-0.4, -0.2) is 53.9 Å². The molecule has 1 aliphatic rings. The minimum Gasteiger partial charge on any atom is -0.503 e. The Labute approximate surface area is 199 Å². The Morgan fingerprint density at radius 3 is 2.79 bits per heavy atom. The second-order valence-corrected chi connectivity index (χ2v) is 9.04. The molecule has 1 saturated heterocycles. The second kappa shape index (κ2) is 11.9. The maximum absolute atomic E-state index is 13.0. The summed E-state index contributed by atoms with van der Waals surface area (Å²) in [5.74, 6) is -0.221. The number of nitrogens with zero attached hydrogens (tertiary/aromatic N) is 1. The molecule has 1 aliphatic heterocycles. The number of cyclic esters (lactones) is 1. The molecule has 1 fully saturated rings. The molecule has 0 aliphatic carbocycles. The average molecular weight is 475 g/mol. The van der Waals surface area contributed by atoms with Crippen molar-refractivity contribution in [1.29, 1.82) is 0 Å². The highest BCUT2D eigenvalue weighted by molar-refractivity contribution is 5.97. The van der Waals surface area contributed by atoms with E-state index >= 15 is 0 Å². The van der Waals surface area contributed by atoms with Gasteiger partial charge in [0, 0.05) is 25.3 Å². The number of amides is 1. The van der Waals surface area contributed by atoms with E-state index in [4.69, 9.17) is 18.6 Å². The lowest BCUT2D eigenvalue weighted by atomic mass is 9.88. The Morgan fingerprint density at radius 2 is 2.12 bits per heavy atom. The molecule has 1 amide bonds. The number of carbonyl (C=O) groups is 2. The van der Waals surface area contributed by atoms with E-state index in [2.05, 4.69) is 24.1 Å². The lowest BCUT2D eigenvalue weighted by molar-refractivity contribution is -0.161. The molecule has 4 atom stereocenters. The van der Waals surface area contributed by atoms with E-state index in [9.17, 15) is 14.7 Å². The number of rotatable bonds is 8. The fourth-order valence-electron chi connectivity index (χ4n) is 4.19. The van der Waals surface area contributed by atoms with Gasteiger partial charge >= 0.3 is 5.97 Å². The summed E-state index contributed by atoms with van der Waals surface area (Å²) < 4.78 is 22.6. The van der Waals surface area contributed by atoms with Crippen molar-refractivity contribution in [3.63, 3.8) is 0 Å². The number of esters is 1. The lowest BCUT2D eigenvalue weighted by Crippen LogP contribution is -2.44. The Kier molecular flexibility index (Phi) is 8.92. The van der Waals surface area contributed by atoms with Gasteiger partial charge in [-0.2, -0.15) is 0 Å². The van der Waals surface area contributed by atoms with Crippen LogP contribution >= 0.6 is 0 Å². The number of hydrogen-bond acceptors (Lipinski definition) is 8. The zero-order valence-electron chi connectivity index (χ0n) is 20.2. The normalized spacial score (nSPS) is 23.5. The predicted octanol–water partition coefficient (Wildman–Crippen LogP) is 3.50. The van der Waals surface area contributed by atoms with Crippen LogP contribution in [0.2, 0.25) is 0 Å². The standard InChI is InChI=1S/C25H34N2O7/c1-15(2)14-33-23-16(3)34-25(30)19(9-5-7-17(23)13-18-8-6-12-32-18)27-24(29)21-22(28)20(31-4)10-11-26-21/h6,8,10-12,15-17,19,23,28H,5,7,9,13-14H2,1-4H3,(H,27,29). The van der Waals surface area contributed by atoms with Gasteiger partial charge in [-0.15, -0.1) is 0 Å². The number of furan rings is 1. The minimum absolute atomic E-state index is 0.0752. The molecule has 0 aromatic carbocycles. The number of pyridine rings is 1. The van der Waals surface area contributed by atoms with Crippen molar-refractivity contribution >= 4 is 11.9 Å². The lowest BCUT2D eigenvalue weighted by Gasteiger charge is -2.31. The number of nitrogens with one attached hydrogen (secondary N) is 1. The van der Waals surface area contributed by atoms with Crippen LogP contribution in [0.4, 0.5) is 0 Å². The van der Waals surface area contributed by atoms with Crippen LogP contribution < -0.4 is 10.1 Å². The topological polar surface area (TPSA) is 120 Å². The van der Waals surface area contributed by atoms with Crippen molar-refractivity contribution in [1.82, 2.24) is 10.3 Å². The second-order valence-electron chi connectivity index (χ2n) is 9.04. The number of aromatic hydroxyl groups is 1. The highest BCUT2D eigenvalue weighted by atomic mass is 16.6. The van der Waals surface area contributed by atoms with E-state index < -0.39 is 24.0 Å². The third-order valence-corrected chi connectivity index (χ3v) is 5.87. The van der Waals surface area contributed by atoms with Crippen LogP contribution in [0.5, 0.6) is 11.5 Å². The molecule has 2 N–H and O–H groups in total. The monoisotopic (exact) mass is 474 g/mol. The smallest absolute Gasteiger partial charge is 0.329 e. The van der Waals surface area contributed by atoms with Crippen LogP contribution in [0.3, 0.4) is 0 Å².